The van der Waals surface area contributed by atoms with Gasteiger partial charge in [-0.05, 0) is 10.4 Å². The normalized spacial score (nSPS) is 11.4. The van der Waals surface area contributed by atoms with E-state index in [1.165, 1.54) is 10.4 Å². The van der Waals surface area contributed by atoms with E-state index in [2.05, 4.69) is 24.3 Å². The molecule has 1 nitrogen and oxygen atoms in total. The summed E-state index contributed by atoms with van der Waals surface area (Å²) in [5, 5.41) is 2.42. The van der Waals surface area contributed by atoms with Gasteiger partial charge in [0.05, 0.1) is 0 Å². The van der Waals surface area contributed by atoms with Crippen molar-refractivity contribution in [1.82, 2.24) is 0 Å². The maximum atomic E-state index is 6.23. The minimum Gasteiger partial charge on any atom is -0.410 e. The Bertz CT molecular complexity index is 413. The van der Waals surface area contributed by atoms with E-state index in [0.29, 0.717) is 5.50 Å². The Morgan fingerprint density at radius 2 is 1.29 bits per heavy atom. The molecule has 2 aromatic carbocycles. The first kappa shape index (κ1) is 12.4. The maximum Gasteiger partial charge on any atom is 0.269 e. The van der Waals surface area contributed by atoms with Crippen molar-refractivity contribution in [2.24, 2.45) is 0 Å². The SMILES string of the molecule is CO[Si](CCl)(c1ccccc1)c1ccccc1. The molecule has 3 heteroatoms. The monoisotopic (exact) mass is 262 g/mol. The van der Waals surface area contributed by atoms with E-state index in [1.807, 2.05) is 36.4 Å². The smallest absolute Gasteiger partial charge is 0.269 e. The summed E-state index contributed by atoms with van der Waals surface area (Å²) in [6.07, 6.45) is 0. The van der Waals surface area contributed by atoms with Crippen molar-refractivity contribution in [3.05, 3.63) is 60.7 Å². The Hall–Kier alpha value is -1.09. The molecule has 0 fully saturated rings. The van der Waals surface area contributed by atoms with Crippen LogP contribution in [0.25, 0.3) is 0 Å². The van der Waals surface area contributed by atoms with E-state index in [0.717, 1.165) is 0 Å². The third kappa shape index (κ3) is 2.29. The molecule has 2 aromatic rings. The molecule has 0 radical (unpaired) electrons. The van der Waals surface area contributed by atoms with Crippen molar-refractivity contribution in [2.45, 2.75) is 0 Å². The van der Waals surface area contributed by atoms with Gasteiger partial charge in [-0.3, -0.25) is 0 Å². The molecule has 2 rings (SSSR count). The molecule has 0 aliphatic heterocycles. The summed E-state index contributed by atoms with van der Waals surface area (Å²) in [5.41, 5.74) is 0.525. The highest BCUT2D eigenvalue weighted by Crippen LogP contribution is 2.08. The van der Waals surface area contributed by atoms with Crippen LogP contribution in [0.15, 0.2) is 60.7 Å². The summed E-state index contributed by atoms with van der Waals surface area (Å²) in [6, 6.07) is 20.6. The van der Waals surface area contributed by atoms with E-state index >= 15 is 0 Å². The number of rotatable bonds is 4. The number of halogens is 1. The third-order valence-electron chi connectivity index (χ3n) is 3.02. The molecule has 0 aromatic heterocycles. The lowest BCUT2D eigenvalue weighted by atomic mass is 10.4. The number of alkyl halides is 1. The molecule has 0 N–H and O–H groups in total. The lowest BCUT2D eigenvalue weighted by molar-refractivity contribution is 0.420. The van der Waals surface area contributed by atoms with Gasteiger partial charge in [0.1, 0.15) is 0 Å². The van der Waals surface area contributed by atoms with Crippen LogP contribution in [-0.4, -0.2) is 20.9 Å². The lowest BCUT2D eigenvalue weighted by Gasteiger charge is -2.28. The average molecular weight is 263 g/mol. The summed E-state index contributed by atoms with van der Waals surface area (Å²) < 4.78 is 5.87. The third-order valence-corrected chi connectivity index (χ3v) is 7.75. The largest absolute Gasteiger partial charge is 0.410 e. The lowest BCUT2D eigenvalue weighted by Crippen LogP contribution is -2.62. The molecule has 0 saturated carbocycles. The second kappa shape index (κ2) is 5.49. The van der Waals surface area contributed by atoms with Gasteiger partial charge in [-0.1, -0.05) is 60.7 Å². The Kier molecular flexibility index (Phi) is 4.00. The fourth-order valence-corrected chi connectivity index (χ4v) is 5.96. The van der Waals surface area contributed by atoms with Crippen molar-refractivity contribution < 1.29 is 4.43 Å². The summed E-state index contributed by atoms with van der Waals surface area (Å²) in [4.78, 5) is 0. The van der Waals surface area contributed by atoms with E-state index < -0.39 is 8.32 Å². The van der Waals surface area contributed by atoms with Gasteiger partial charge in [0.2, 0.25) is 0 Å². The van der Waals surface area contributed by atoms with Gasteiger partial charge < -0.3 is 4.43 Å². The van der Waals surface area contributed by atoms with Crippen molar-refractivity contribution >= 4 is 30.3 Å². The Morgan fingerprint density at radius 3 is 1.59 bits per heavy atom. The van der Waals surface area contributed by atoms with E-state index in [9.17, 15) is 0 Å². The van der Waals surface area contributed by atoms with Gasteiger partial charge >= 0.3 is 0 Å². The van der Waals surface area contributed by atoms with Gasteiger partial charge in [-0.15, -0.1) is 11.6 Å². The van der Waals surface area contributed by atoms with Crippen LogP contribution in [0.5, 0.6) is 0 Å². The summed E-state index contributed by atoms with van der Waals surface area (Å²) in [5.74, 6) is 0. The minimum atomic E-state index is -2.23. The summed E-state index contributed by atoms with van der Waals surface area (Å²) >= 11 is 6.23. The highest BCUT2D eigenvalue weighted by molar-refractivity contribution is 7.01. The van der Waals surface area contributed by atoms with Gasteiger partial charge in [0, 0.05) is 12.6 Å². The zero-order valence-electron chi connectivity index (χ0n) is 9.77. The molecule has 0 bridgehead atoms. The van der Waals surface area contributed by atoms with Crippen LogP contribution in [0.1, 0.15) is 0 Å². The summed E-state index contributed by atoms with van der Waals surface area (Å²) in [7, 11) is -0.472. The molecule has 0 amide bonds. The highest BCUT2D eigenvalue weighted by Gasteiger charge is 2.37. The fraction of sp³-hybridized carbons (Fsp3) is 0.143. The fourth-order valence-electron chi connectivity index (χ4n) is 2.03. The molecule has 0 aliphatic rings. The molecule has 0 saturated heterocycles. The van der Waals surface area contributed by atoms with Crippen LogP contribution in [0.4, 0.5) is 0 Å². The van der Waals surface area contributed by atoms with Gasteiger partial charge in [-0.25, -0.2) is 0 Å². The molecule has 88 valence electrons. The van der Waals surface area contributed by atoms with Crippen LogP contribution in [-0.2, 0) is 4.43 Å². The Morgan fingerprint density at radius 1 is 0.882 bits per heavy atom. The molecule has 0 atom stereocenters. The quantitative estimate of drug-likeness (QED) is 0.606. The first-order valence-electron chi connectivity index (χ1n) is 5.55. The summed E-state index contributed by atoms with van der Waals surface area (Å²) in [6.45, 7) is 0. The zero-order chi connectivity index (χ0) is 12.1. The van der Waals surface area contributed by atoms with Crippen molar-refractivity contribution in [1.29, 1.82) is 0 Å². The second-order valence-corrected chi connectivity index (χ2v) is 8.18. The van der Waals surface area contributed by atoms with E-state index in [-0.39, 0.29) is 0 Å². The van der Waals surface area contributed by atoms with E-state index in [1.54, 1.807) is 7.11 Å². The standard InChI is InChI=1S/C14H15ClOSi/c1-16-17(12-15,13-8-4-2-5-9-13)14-10-6-3-7-11-14/h2-11H,12H2,1H3. The van der Waals surface area contributed by atoms with Crippen molar-refractivity contribution in [3.8, 4) is 0 Å². The predicted molar refractivity (Wildman–Crippen MR) is 75.6 cm³/mol. The Labute approximate surface area is 108 Å². The molecule has 17 heavy (non-hydrogen) atoms. The predicted octanol–water partition coefficient (Wildman–Crippen LogP) is 2.17. The van der Waals surface area contributed by atoms with Crippen LogP contribution in [0, 0.1) is 0 Å². The number of hydrogen-bond acceptors (Lipinski definition) is 1. The highest BCUT2D eigenvalue weighted by atomic mass is 35.5. The van der Waals surface area contributed by atoms with Crippen LogP contribution < -0.4 is 10.4 Å². The van der Waals surface area contributed by atoms with Crippen LogP contribution >= 0.6 is 11.6 Å². The second-order valence-electron chi connectivity index (χ2n) is 3.90. The molecule has 0 aliphatic carbocycles. The van der Waals surface area contributed by atoms with Crippen molar-refractivity contribution in [2.75, 3.05) is 12.6 Å². The van der Waals surface area contributed by atoms with Crippen LogP contribution in [0.3, 0.4) is 0 Å². The molecular weight excluding hydrogens is 248 g/mol. The minimum absolute atomic E-state index is 0.525. The number of hydrogen-bond donors (Lipinski definition) is 0. The molecule has 0 unspecified atom stereocenters. The topological polar surface area (TPSA) is 9.23 Å². The number of benzene rings is 2. The van der Waals surface area contributed by atoms with Crippen molar-refractivity contribution in [3.63, 3.8) is 0 Å². The molecule has 0 spiro atoms. The van der Waals surface area contributed by atoms with Crippen LogP contribution in [0.2, 0.25) is 0 Å². The van der Waals surface area contributed by atoms with E-state index in [4.69, 9.17) is 16.0 Å². The van der Waals surface area contributed by atoms with Gasteiger partial charge in [-0.2, -0.15) is 0 Å². The maximum absolute atomic E-state index is 6.23. The Balaban J connectivity index is 2.54. The molecular formula is C14H15ClOSi. The van der Waals surface area contributed by atoms with Gasteiger partial charge in [0.15, 0.2) is 0 Å². The van der Waals surface area contributed by atoms with Gasteiger partial charge in [0.25, 0.3) is 8.32 Å². The first-order chi connectivity index (χ1) is 8.33. The molecule has 0 heterocycles. The first-order valence-corrected chi connectivity index (χ1v) is 8.20. The zero-order valence-corrected chi connectivity index (χ0v) is 11.5. The average Bonchev–Trinajstić information content (AvgIpc) is 2.43.